The third-order valence-corrected chi connectivity index (χ3v) is 3.04. The summed E-state index contributed by atoms with van der Waals surface area (Å²) in [5, 5.41) is 11.1. The van der Waals surface area contributed by atoms with Gasteiger partial charge >= 0.3 is 0 Å². The van der Waals surface area contributed by atoms with Crippen LogP contribution in [0.2, 0.25) is 0 Å². The summed E-state index contributed by atoms with van der Waals surface area (Å²) < 4.78 is 0. The number of aliphatic hydroxyl groups is 1. The average molecular weight is 239 g/mol. The molecule has 1 aromatic heterocycles. The Morgan fingerprint density at radius 2 is 2.17 bits per heavy atom. The predicted molar refractivity (Wildman–Crippen MR) is 74.1 cm³/mol. The number of fused-ring (bicyclic) bond motifs is 1. The van der Waals surface area contributed by atoms with Crippen molar-refractivity contribution in [1.82, 2.24) is 4.98 Å². The van der Waals surface area contributed by atoms with Crippen LogP contribution in [0.5, 0.6) is 0 Å². The lowest BCUT2D eigenvalue weighted by Gasteiger charge is -2.11. The third kappa shape index (κ3) is 2.88. The van der Waals surface area contributed by atoms with Crippen LogP contribution in [0.15, 0.2) is 30.3 Å². The molecular weight excluding hydrogens is 222 g/mol. The maximum atomic E-state index is 10.1. The number of benzene rings is 1. The van der Waals surface area contributed by atoms with Crippen LogP contribution < -0.4 is 0 Å². The Labute approximate surface area is 108 Å². The number of hydrogen-bond acceptors (Lipinski definition) is 2. The minimum Gasteiger partial charge on any atom is -0.388 e. The Morgan fingerprint density at radius 1 is 1.33 bits per heavy atom. The first-order valence-corrected chi connectivity index (χ1v) is 6.19. The van der Waals surface area contributed by atoms with Crippen LogP contribution in [-0.4, -0.2) is 10.1 Å². The number of aliphatic hydroxyl groups excluding tert-OH is 1. The summed E-state index contributed by atoms with van der Waals surface area (Å²) in [6.07, 6.45) is 7.03. The van der Waals surface area contributed by atoms with Gasteiger partial charge in [0.25, 0.3) is 0 Å². The molecule has 1 aromatic carbocycles. The quantitative estimate of drug-likeness (QED) is 0.655. The van der Waals surface area contributed by atoms with Gasteiger partial charge in [0.15, 0.2) is 0 Å². The minimum atomic E-state index is -0.441. The summed E-state index contributed by atoms with van der Waals surface area (Å²) >= 11 is 0. The molecule has 0 radical (unpaired) electrons. The molecule has 0 spiro atoms. The number of pyridine rings is 1. The number of hydrogen-bond donors (Lipinski definition) is 1. The van der Waals surface area contributed by atoms with Gasteiger partial charge in [-0.2, -0.15) is 0 Å². The highest BCUT2D eigenvalue weighted by Gasteiger charge is 2.08. The first kappa shape index (κ1) is 12.6. The molecule has 92 valence electrons. The molecule has 1 atom stereocenters. The van der Waals surface area contributed by atoms with E-state index in [2.05, 4.69) is 10.9 Å². The monoisotopic (exact) mass is 239 g/mol. The summed E-state index contributed by atoms with van der Waals surface area (Å²) in [6, 6.07) is 9.92. The van der Waals surface area contributed by atoms with Gasteiger partial charge in [0.1, 0.15) is 0 Å². The van der Waals surface area contributed by atoms with Gasteiger partial charge in [0.2, 0.25) is 0 Å². The smallest absolute Gasteiger partial charge is 0.0790 e. The number of unbranched alkanes of at least 4 members (excludes halogenated alkanes) is 1. The summed E-state index contributed by atoms with van der Waals surface area (Å²) in [5.74, 6) is 2.59. The van der Waals surface area contributed by atoms with Crippen LogP contribution in [0.1, 0.15) is 36.6 Å². The molecule has 0 aliphatic carbocycles. The van der Waals surface area contributed by atoms with Crippen molar-refractivity contribution in [3.63, 3.8) is 0 Å². The number of aryl methyl sites for hydroxylation is 1. The molecule has 0 amide bonds. The zero-order valence-electron chi connectivity index (χ0n) is 10.6. The molecule has 2 aromatic rings. The molecular formula is C16H17NO. The van der Waals surface area contributed by atoms with Gasteiger partial charge in [-0.3, -0.25) is 4.98 Å². The first-order valence-electron chi connectivity index (χ1n) is 6.19. The van der Waals surface area contributed by atoms with Crippen molar-refractivity contribution in [3.8, 4) is 12.3 Å². The second-order valence-electron chi connectivity index (χ2n) is 4.52. The second-order valence-corrected chi connectivity index (χ2v) is 4.52. The third-order valence-electron chi connectivity index (χ3n) is 3.04. The van der Waals surface area contributed by atoms with Crippen molar-refractivity contribution in [2.24, 2.45) is 0 Å². The molecule has 2 rings (SSSR count). The van der Waals surface area contributed by atoms with Gasteiger partial charge in [-0.1, -0.05) is 12.1 Å². The fraction of sp³-hybridized carbons (Fsp3) is 0.312. The Balaban J connectivity index is 2.19. The van der Waals surface area contributed by atoms with Crippen molar-refractivity contribution >= 4 is 10.9 Å². The Bertz CT molecular complexity index is 583. The Kier molecular flexibility index (Phi) is 3.96. The maximum Gasteiger partial charge on any atom is 0.0790 e. The molecule has 0 saturated heterocycles. The van der Waals surface area contributed by atoms with Crippen LogP contribution >= 0.6 is 0 Å². The van der Waals surface area contributed by atoms with Gasteiger partial charge in [-0.05, 0) is 43.5 Å². The van der Waals surface area contributed by atoms with E-state index in [0.29, 0.717) is 12.8 Å². The molecule has 18 heavy (non-hydrogen) atoms. The van der Waals surface area contributed by atoms with Gasteiger partial charge in [0.05, 0.1) is 11.6 Å². The van der Waals surface area contributed by atoms with E-state index in [-0.39, 0.29) is 0 Å². The largest absolute Gasteiger partial charge is 0.388 e. The maximum absolute atomic E-state index is 10.1. The lowest BCUT2D eigenvalue weighted by atomic mass is 10.0. The SMILES string of the molecule is C#CCCCC(O)c1ccc2nc(C)ccc2c1. The molecule has 0 saturated carbocycles. The van der Waals surface area contributed by atoms with E-state index in [1.54, 1.807) is 0 Å². The fourth-order valence-corrected chi connectivity index (χ4v) is 2.02. The Hall–Kier alpha value is -1.85. The Morgan fingerprint density at radius 3 is 2.94 bits per heavy atom. The first-order chi connectivity index (χ1) is 8.70. The molecule has 2 nitrogen and oxygen atoms in total. The summed E-state index contributed by atoms with van der Waals surface area (Å²) in [6.45, 7) is 1.97. The van der Waals surface area contributed by atoms with Crippen molar-refractivity contribution in [1.29, 1.82) is 0 Å². The van der Waals surface area contributed by atoms with Crippen LogP contribution in [-0.2, 0) is 0 Å². The highest BCUT2D eigenvalue weighted by Crippen LogP contribution is 2.23. The molecule has 1 unspecified atom stereocenters. The van der Waals surface area contributed by atoms with Crippen LogP contribution in [0, 0.1) is 19.3 Å². The van der Waals surface area contributed by atoms with E-state index in [0.717, 1.165) is 28.6 Å². The predicted octanol–water partition coefficient (Wildman–Crippen LogP) is 3.38. The molecule has 0 fully saturated rings. The summed E-state index contributed by atoms with van der Waals surface area (Å²) in [4.78, 5) is 4.44. The molecule has 2 heteroatoms. The topological polar surface area (TPSA) is 33.1 Å². The fourth-order valence-electron chi connectivity index (χ4n) is 2.02. The number of aromatic nitrogens is 1. The number of nitrogens with zero attached hydrogens (tertiary/aromatic N) is 1. The number of terminal acetylenes is 1. The number of rotatable bonds is 4. The average Bonchev–Trinajstić information content (AvgIpc) is 2.38. The van der Waals surface area contributed by atoms with E-state index < -0.39 is 6.10 Å². The molecule has 0 bridgehead atoms. The van der Waals surface area contributed by atoms with E-state index in [4.69, 9.17) is 6.42 Å². The van der Waals surface area contributed by atoms with Gasteiger partial charge < -0.3 is 5.11 Å². The summed E-state index contributed by atoms with van der Waals surface area (Å²) in [5.41, 5.74) is 2.91. The molecule has 0 aliphatic heterocycles. The normalized spacial score (nSPS) is 12.3. The highest BCUT2D eigenvalue weighted by molar-refractivity contribution is 5.79. The van der Waals surface area contributed by atoms with Crippen LogP contribution in [0.25, 0.3) is 10.9 Å². The minimum absolute atomic E-state index is 0.441. The lowest BCUT2D eigenvalue weighted by molar-refractivity contribution is 0.165. The van der Waals surface area contributed by atoms with Crippen molar-refractivity contribution in [2.45, 2.75) is 32.3 Å². The van der Waals surface area contributed by atoms with E-state index >= 15 is 0 Å². The van der Waals surface area contributed by atoms with Crippen molar-refractivity contribution < 1.29 is 5.11 Å². The second kappa shape index (κ2) is 5.66. The standard InChI is InChI=1S/C16H17NO/c1-3-4-5-6-16(18)14-9-10-15-13(11-14)8-7-12(2)17-15/h1,7-11,16,18H,4-6H2,2H3. The van der Waals surface area contributed by atoms with E-state index in [1.807, 2.05) is 37.3 Å². The molecule has 1 heterocycles. The summed E-state index contributed by atoms with van der Waals surface area (Å²) in [7, 11) is 0. The van der Waals surface area contributed by atoms with Crippen LogP contribution in [0.4, 0.5) is 0 Å². The van der Waals surface area contributed by atoms with Gasteiger partial charge in [0, 0.05) is 17.5 Å². The van der Waals surface area contributed by atoms with Crippen molar-refractivity contribution in [3.05, 3.63) is 41.6 Å². The molecule has 0 aliphatic rings. The van der Waals surface area contributed by atoms with E-state index in [9.17, 15) is 5.11 Å². The van der Waals surface area contributed by atoms with E-state index in [1.165, 1.54) is 0 Å². The van der Waals surface area contributed by atoms with Crippen molar-refractivity contribution in [2.75, 3.05) is 0 Å². The van der Waals surface area contributed by atoms with Crippen LogP contribution in [0.3, 0.4) is 0 Å². The lowest BCUT2D eigenvalue weighted by Crippen LogP contribution is -1.97. The van der Waals surface area contributed by atoms with Gasteiger partial charge in [-0.25, -0.2) is 0 Å². The zero-order chi connectivity index (χ0) is 13.0. The zero-order valence-corrected chi connectivity index (χ0v) is 10.6. The highest BCUT2D eigenvalue weighted by atomic mass is 16.3. The molecule has 1 N–H and O–H groups in total. The van der Waals surface area contributed by atoms with Gasteiger partial charge in [-0.15, -0.1) is 12.3 Å².